The maximum absolute atomic E-state index is 11.3. The molecule has 90 valence electrons. The number of carboxylic acid groups (broad SMARTS) is 1. The molecule has 0 aliphatic heterocycles. The van der Waals surface area contributed by atoms with E-state index < -0.39 is 27.3 Å². The summed E-state index contributed by atoms with van der Waals surface area (Å²) in [5.74, 6) is -1.38. The predicted octanol–water partition coefficient (Wildman–Crippen LogP) is -0.460. The predicted molar refractivity (Wildman–Crippen MR) is 54.9 cm³/mol. The maximum Gasteiger partial charge on any atom is 0.323 e. The number of aliphatic hydroxyl groups is 1. The molecule has 0 spiro atoms. The molecular weight excluding hydrogens is 222 g/mol. The van der Waals surface area contributed by atoms with Crippen molar-refractivity contribution in [2.45, 2.75) is 38.0 Å². The van der Waals surface area contributed by atoms with Gasteiger partial charge in [-0.05, 0) is 26.7 Å². The number of carbonyl (C=O) groups is 1. The van der Waals surface area contributed by atoms with E-state index in [1.807, 2.05) is 0 Å². The zero-order valence-corrected chi connectivity index (χ0v) is 9.62. The van der Waals surface area contributed by atoms with Crippen LogP contribution in [0.3, 0.4) is 0 Å². The highest BCUT2D eigenvalue weighted by Gasteiger charge is 2.26. The van der Waals surface area contributed by atoms with Gasteiger partial charge < -0.3 is 10.2 Å². The number of hydrogen-bond donors (Lipinski definition) is 3. The van der Waals surface area contributed by atoms with Crippen LogP contribution in [0.4, 0.5) is 0 Å². The minimum absolute atomic E-state index is 0.144. The third-order valence-electron chi connectivity index (χ3n) is 1.92. The van der Waals surface area contributed by atoms with Gasteiger partial charge in [0.25, 0.3) is 0 Å². The minimum Gasteiger partial charge on any atom is -0.480 e. The second kappa shape index (κ2) is 6.04. The highest BCUT2D eigenvalue weighted by atomic mass is 32.2. The average Bonchev–Trinajstić information content (AvgIpc) is 2.10. The Kier molecular flexibility index (Phi) is 5.77. The van der Waals surface area contributed by atoms with E-state index in [1.165, 1.54) is 0 Å². The van der Waals surface area contributed by atoms with E-state index >= 15 is 0 Å². The molecule has 2 unspecified atom stereocenters. The molecular formula is C8H17NO5S. The molecule has 0 radical (unpaired) electrons. The second-order valence-electron chi connectivity index (χ2n) is 3.41. The molecule has 15 heavy (non-hydrogen) atoms. The van der Waals surface area contributed by atoms with E-state index in [2.05, 4.69) is 4.72 Å². The number of rotatable bonds is 7. The molecule has 0 heterocycles. The van der Waals surface area contributed by atoms with E-state index in [9.17, 15) is 13.2 Å². The van der Waals surface area contributed by atoms with Crippen molar-refractivity contribution in [1.29, 1.82) is 0 Å². The topological polar surface area (TPSA) is 104 Å². The van der Waals surface area contributed by atoms with Gasteiger partial charge in [-0.2, -0.15) is 0 Å². The number of aliphatic hydroxyl groups excluding tert-OH is 1. The third-order valence-corrected chi connectivity index (χ3v) is 3.65. The van der Waals surface area contributed by atoms with E-state index in [-0.39, 0.29) is 6.54 Å². The normalized spacial score (nSPS) is 15.9. The molecule has 2 atom stereocenters. The Morgan fingerprint density at radius 2 is 1.93 bits per heavy atom. The summed E-state index contributed by atoms with van der Waals surface area (Å²) in [6.45, 7) is 2.86. The first-order chi connectivity index (χ1) is 6.77. The van der Waals surface area contributed by atoms with Gasteiger partial charge >= 0.3 is 5.97 Å². The zero-order valence-electron chi connectivity index (χ0n) is 8.80. The molecule has 0 rings (SSSR count). The first-order valence-corrected chi connectivity index (χ1v) is 6.21. The molecule has 3 N–H and O–H groups in total. The summed E-state index contributed by atoms with van der Waals surface area (Å²) >= 11 is 0. The summed E-state index contributed by atoms with van der Waals surface area (Å²) in [7, 11) is -3.79. The Hall–Kier alpha value is -0.660. The first kappa shape index (κ1) is 14.3. The summed E-state index contributed by atoms with van der Waals surface area (Å²) in [6.07, 6.45) is 0.471. The van der Waals surface area contributed by atoms with Crippen molar-refractivity contribution in [3.63, 3.8) is 0 Å². The van der Waals surface area contributed by atoms with Crippen LogP contribution in [0.5, 0.6) is 0 Å². The highest BCUT2D eigenvalue weighted by molar-refractivity contribution is 7.90. The van der Waals surface area contributed by atoms with Crippen molar-refractivity contribution in [1.82, 2.24) is 4.72 Å². The van der Waals surface area contributed by atoms with Gasteiger partial charge in [0.2, 0.25) is 10.0 Å². The van der Waals surface area contributed by atoms with E-state index in [4.69, 9.17) is 10.2 Å². The smallest absolute Gasteiger partial charge is 0.323 e. The summed E-state index contributed by atoms with van der Waals surface area (Å²) < 4.78 is 24.7. The molecule has 0 bridgehead atoms. The Labute approximate surface area is 89.4 Å². The van der Waals surface area contributed by atoms with Crippen LogP contribution in [0.15, 0.2) is 0 Å². The molecule has 0 aromatic heterocycles. The van der Waals surface area contributed by atoms with Crippen molar-refractivity contribution < 1.29 is 23.4 Å². The van der Waals surface area contributed by atoms with Crippen molar-refractivity contribution in [3.8, 4) is 0 Å². The second-order valence-corrected chi connectivity index (χ2v) is 5.50. The Morgan fingerprint density at radius 1 is 1.40 bits per heavy atom. The van der Waals surface area contributed by atoms with Crippen molar-refractivity contribution >= 4 is 16.0 Å². The quantitative estimate of drug-likeness (QED) is 0.521. The van der Waals surface area contributed by atoms with Crippen LogP contribution >= 0.6 is 0 Å². The molecule has 0 aromatic carbocycles. The van der Waals surface area contributed by atoms with Gasteiger partial charge in [0, 0.05) is 6.54 Å². The number of carboxylic acids is 1. The molecule has 0 aromatic rings. The number of hydrogen-bond acceptors (Lipinski definition) is 4. The van der Waals surface area contributed by atoms with Gasteiger partial charge in [-0.25, -0.2) is 13.1 Å². The Morgan fingerprint density at radius 3 is 2.33 bits per heavy atom. The summed E-state index contributed by atoms with van der Waals surface area (Å²) in [5.41, 5.74) is 0. The van der Waals surface area contributed by atoms with Gasteiger partial charge in [-0.15, -0.1) is 0 Å². The van der Waals surface area contributed by atoms with Gasteiger partial charge in [0.05, 0.1) is 6.10 Å². The lowest BCUT2D eigenvalue weighted by Crippen LogP contribution is -2.38. The standard InChI is InChI=1S/C8H17NO5S/c1-6(10)4-3-5-9-15(13,14)7(2)8(11)12/h6-7,9-10H,3-5H2,1-2H3,(H,11,12). The van der Waals surface area contributed by atoms with Gasteiger partial charge in [-0.3, -0.25) is 4.79 Å². The fraction of sp³-hybridized carbons (Fsp3) is 0.875. The molecule has 0 fully saturated rings. The van der Waals surface area contributed by atoms with Crippen molar-refractivity contribution in [2.24, 2.45) is 0 Å². The molecule has 0 aliphatic rings. The van der Waals surface area contributed by atoms with Gasteiger partial charge in [0.15, 0.2) is 5.25 Å². The van der Waals surface area contributed by atoms with Gasteiger partial charge in [0.1, 0.15) is 0 Å². The lowest BCUT2D eigenvalue weighted by atomic mass is 10.2. The fourth-order valence-corrected chi connectivity index (χ4v) is 1.81. The number of sulfonamides is 1. The van der Waals surface area contributed by atoms with Gasteiger partial charge in [-0.1, -0.05) is 0 Å². The van der Waals surface area contributed by atoms with Crippen LogP contribution in [0, 0.1) is 0 Å². The van der Waals surface area contributed by atoms with Crippen molar-refractivity contribution in [2.75, 3.05) is 6.54 Å². The Bertz CT molecular complexity index is 298. The number of nitrogens with one attached hydrogen (secondary N) is 1. The molecule has 6 nitrogen and oxygen atoms in total. The lowest BCUT2D eigenvalue weighted by molar-refractivity contribution is -0.136. The van der Waals surface area contributed by atoms with Crippen LogP contribution in [-0.4, -0.2) is 42.5 Å². The maximum atomic E-state index is 11.3. The number of aliphatic carboxylic acids is 1. The largest absolute Gasteiger partial charge is 0.480 e. The SMILES string of the molecule is CC(O)CCCNS(=O)(=O)C(C)C(=O)O. The van der Waals surface area contributed by atoms with Crippen molar-refractivity contribution in [3.05, 3.63) is 0 Å². The minimum atomic E-state index is -3.79. The first-order valence-electron chi connectivity index (χ1n) is 4.66. The third kappa shape index (κ3) is 5.71. The van der Waals surface area contributed by atoms with Crippen LogP contribution in [-0.2, 0) is 14.8 Å². The Balaban J connectivity index is 4.01. The van der Waals surface area contributed by atoms with Crippen LogP contribution < -0.4 is 4.72 Å². The highest BCUT2D eigenvalue weighted by Crippen LogP contribution is 2.00. The molecule has 0 saturated carbocycles. The average molecular weight is 239 g/mol. The van der Waals surface area contributed by atoms with Crippen LogP contribution in [0.1, 0.15) is 26.7 Å². The van der Waals surface area contributed by atoms with Crippen LogP contribution in [0.2, 0.25) is 0 Å². The zero-order chi connectivity index (χ0) is 12.1. The van der Waals surface area contributed by atoms with E-state index in [0.717, 1.165) is 6.92 Å². The molecule has 0 aliphatic carbocycles. The summed E-state index contributed by atoms with van der Waals surface area (Å²) in [5, 5.41) is 16.0. The monoisotopic (exact) mass is 239 g/mol. The fourth-order valence-electron chi connectivity index (χ4n) is 0.870. The summed E-state index contributed by atoms with van der Waals surface area (Å²) in [6, 6.07) is 0. The van der Waals surface area contributed by atoms with E-state index in [1.54, 1.807) is 6.92 Å². The molecule has 7 heteroatoms. The molecule has 0 amide bonds. The molecule has 0 saturated heterocycles. The van der Waals surface area contributed by atoms with Crippen LogP contribution in [0.25, 0.3) is 0 Å². The van der Waals surface area contributed by atoms with E-state index in [0.29, 0.717) is 12.8 Å². The summed E-state index contributed by atoms with van der Waals surface area (Å²) in [4.78, 5) is 10.4. The lowest BCUT2D eigenvalue weighted by Gasteiger charge is -2.10.